The fourth-order valence-corrected chi connectivity index (χ4v) is 4.07. The number of benzene rings is 1. The van der Waals surface area contributed by atoms with Crippen molar-refractivity contribution in [2.45, 2.75) is 38.4 Å². The molecule has 0 aliphatic carbocycles. The minimum atomic E-state index is 0.291. The molecule has 3 heterocycles. The zero-order valence-corrected chi connectivity index (χ0v) is 17.0. The summed E-state index contributed by atoms with van der Waals surface area (Å²) in [6.45, 7) is 3.41. The van der Waals surface area contributed by atoms with Gasteiger partial charge in [-0.3, -0.25) is 4.99 Å². The number of methoxy groups -OCH3 is 1. The minimum Gasteiger partial charge on any atom is -0.495 e. The highest BCUT2D eigenvalue weighted by Crippen LogP contribution is 2.33. The number of hydrogen-bond acceptors (Lipinski definition) is 5. The number of guanidine groups is 1. The van der Waals surface area contributed by atoms with Crippen LogP contribution in [0.25, 0.3) is 0 Å². The van der Waals surface area contributed by atoms with Crippen LogP contribution in [-0.2, 0) is 19.5 Å². The molecule has 0 saturated carbocycles. The lowest BCUT2D eigenvalue weighted by molar-refractivity contribution is 0.415. The maximum atomic E-state index is 6.19. The second-order valence-corrected chi connectivity index (χ2v) is 7.54. The van der Waals surface area contributed by atoms with E-state index in [2.05, 4.69) is 35.3 Å². The van der Waals surface area contributed by atoms with Gasteiger partial charge in [0.1, 0.15) is 11.6 Å². The summed E-state index contributed by atoms with van der Waals surface area (Å²) in [6.07, 6.45) is 3.18. The summed E-state index contributed by atoms with van der Waals surface area (Å²) in [5, 5.41) is 16.1. The van der Waals surface area contributed by atoms with E-state index in [-0.39, 0.29) is 0 Å². The van der Waals surface area contributed by atoms with E-state index < -0.39 is 0 Å². The third kappa shape index (κ3) is 3.87. The standard InChI is InChI=1S/C19H26ClN7O/c1-21-19(22-11-18-25-24-17-4-3-8-27(17)18)23-14-7-9-26(12-14)15-10-13(20)5-6-16(15)28-2/h5-6,10,14H,3-4,7-9,11-12H2,1-2H3,(H2,21,22,23). The normalized spacial score (nSPS) is 19.0. The van der Waals surface area contributed by atoms with Crippen LogP contribution in [0.5, 0.6) is 5.75 Å². The SMILES string of the molecule is CN=C(NCc1nnc2n1CCC2)NC1CCN(c2cc(Cl)ccc2OC)C1. The number of ether oxygens (including phenoxy) is 1. The average molecular weight is 404 g/mol. The predicted molar refractivity (Wildman–Crippen MR) is 110 cm³/mol. The van der Waals surface area contributed by atoms with E-state index in [9.17, 15) is 0 Å². The van der Waals surface area contributed by atoms with Gasteiger partial charge < -0.3 is 24.8 Å². The van der Waals surface area contributed by atoms with Crippen LogP contribution in [0, 0.1) is 0 Å². The first-order chi connectivity index (χ1) is 13.7. The lowest BCUT2D eigenvalue weighted by Crippen LogP contribution is -2.44. The number of anilines is 1. The number of fused-ring (bicyclic) bond motifs is 1. The molecule has 2 N–H and O–H groups in total. The summed E-state index contributed by atoms with van der Waals surface area (Å²) in [5.41, 5.74) is 1.03. The molecule has 9 heteroatoms. The van der Waals surface area contributed by atoms with Crippen molar-refractivity contribution in [1.82, 2.24) is 25.4 Å². The van der Waals surface area contributed by atoms with Gasteiger partial charge in [-0.2, -0.15) is 0 Å². The van der Waals surface area contributed by atoms with Crippen molar-refractivity contribution in [2.75, 3.05) is 32.1 Å². The van der Waals surface area contributed by atoms with Crippen molar-refractivity contribution < 1.29 is 4.74 Å². The van der Waals surface area contributed by atoms with E-state index in [1.54, 1.807) is 14.2 Å². The zero-order valence-electron chi connectivity index (χ0n) is 16.3. The number of hydrogen-bond donors (Lipinski definition) is 2. The Hall–Kier alpha value is -2.48. The maximum absolute atomic E-state index is 6.19. The monoisotopic (exact) mass is 403 g/mol. The molecule has 2 aromatic rings. The number of nitrogens with one attached hydrogen (secondary N) is 2. The summed E-state index contributed by atoms with van der Waals surface area (Å²) < 4.78 is 7.69. The Morgan fingerprint density at radius 2 is 2.25 bits per heavy atom. The van der Waals surface area contributed by atoms with Crippen LogP contribution in [0.1, 0.15) is 24.5 Å². The molecule has 150 valence electrons. The van der Waals surface area contributed by atoms with Gasteiger partial charge in [-0.25, -0.2) is 0 Å². The smallest absolute Gasteiger partial charge is 0.191 e. The summed E-state index contributed by atoms with van der Waals surface area (Å²) in [4.78, 5) is 6.66. The molecule has 1 atom stereocenters. The summed E-state index contributed by atoms with van der Waals surface area (Å²) >= 11 is 6.19. The van der Waals surface area contributed by atoms with Crippen molar-refractivity contribution in [3.8, 4) is 5.75 Å². The van der Waals surface area contributed by atoms with Gasteiger partial charge in [-0.05, 0) is 31.0 Å². The highest BCUT2D eigenvalue weighted by Gasteiger charge is 2.26. The van der Waals surface area contributed by atoms with Gasteiger partial charge in [0.2, 0.25) is 0 Å². The van der Waals surface area contributed by atoms with Gasteiger partial charge in [0.15, 0.2) is 11.8 Å². The first kappa shape index (κ1) is 18.9. The Bertz CT molecular complexity index is 866. The van der Waals surface area contributed by atoms with Crippen molar-refractivity contribution in [1.29, 1.82) is 0 Å². The molecular weight excluding hydrogens is 378 g/mol. The Labute approximate surface area is 169 Å². The summed E-state index contributed by atoms with van der Waals surface area (Å²) in [5.74, 6) is 3.67. The fraction of sp³-hybridized carbons (Fsp3) is 0.526. The molecule has 1 aromatic heterocycles. The number of aryl methyl sites for hydroxylation is 1. The minimum absolute atomic E-state index is 0.291. The van der Waals surface area contributed by atoms with Gasteiger partial charge in [0.05, 0.1) is 19.3 Å². The Balaban J connectivity index is 1.34. The van der Waals surface area contributed by atoms with E-state index >= 15 is 0 Å². The second-order valence-electron chi connectivity index (χ2n) is 7.11. The van der Waals surface area contributed by atoms with Crippen molar-refractivity contribution in [3.05, 3.63) is 34.9 Å². The van der Waals surface area contributed by atoms with E-state index in [0.717, 1.165) is 67.9 Å². The summed E-state index contributed by atoms with van der Waals surface area (Å²) in [6, 6.07) is 6.01. The lowest BCUT2D eigenvalue weighted by Gasteiger charge is -2.22. The van der Waals surface area contributed by atoms with Crippen LogP contribution in [0.3, 0.4) is 0 Å². The highest BCUT2D eigenvalue weighted by molar-refractivity contribution is 6.30. The molecule has 0 bridgehead atoms. The van der Waals surface area contributed by atoms with E-state index in [4.69, 9.17) is 16.3 Å². The van der Waals surface area contributed by atoms with Gasteiger partial charge in [0.25, 0.3) is 0 Å². The van der Waals surface area contributed by atoms with Crippen LogP contribution in [0.4, 0.5) is 5.69 Å². The number of aromatic nitrogens is 3. The van der Waals surface area contributed by atoms with Crippen LogP contribution < -0.4 is 20.3 Å². The number of rotatable bonds is 5. The first-order valence-corrected chi connectivity index (χ1v) is 10.0. The van der Waals surface area contributed by atoms with Crippen LogP contribution in [0.2, 0.25) is 5.02 Å². The number of aliphatic imine (C=N–C) groups is 1. The quantitative estimate of drug-likeness (QED) is 0.585. The lowest BCUT2D eigenvalue weighted by atomic mass is 10.2. The first-order valence-electron chi connectivity index (χ1n) is 9.64. The topological polar surface area (TPSA) is 79.6 Å². The van der Waals surface area contributed by atoms with Crippen LogP contribution in [0.15, 0.2) is 23.2 Å². The van der Waals surface area contributed by atoms with Crippen LogP contribution >= 0.6 is 11.6 Å². The predicted octanol–water partition coefficient (Wildman–Crippen LogP) is 1.83. The zero-order chi connectivity index (χ0) is 19.5. The molecule has 28 heavy (non-hydrogen) atoms. The molecule has 0 radical (unpaired) electrons. The largest absolute Gasteiger partial charge is 0.495 e. The average Bonchev–Trinajstić information content (AvgIpc) is 3.43. The third-order valence-electron chi connectivity index (χ3n) is 5.33. The van der Waals surface area contributed by atoms with Gasteiger partial charge >= 0.3 is 0 Å². The summed E-state index contributed by atoms with van der Waals surface area (Å²) in [7, 11) is 3.47. The molecule has 4 rings (SSSR count). The van der Waals surface area contributed by atoms with E-state index in [0.29, 0.717) is 17.6 Å². The van der Waals surface area contributed by atoms with E-state index in [1.807, 2.05) is 18.2 Å². The molecule has 2 aliphatic rings. The number of halogens is 1. The van der Waals surface area contributed by atoms with E-state index in [1.165, 1.54) is 0 Å². The maximum Gasteiger partial charge on any atom is 0.191 e. The molecule has 0 amide bonds. The van der Waals surface area contributed by atoms with Crippen molar-refractivity contribution in [2.24, 2.45) is 4.99 Å². The van der Waals surface area contributed by atoms with Gasteiger partial charge in [-0.1, -0.05) is 11.6 Å². The molecule has 1 aromatic carbocycles. The fourth-order valence-electron chi connectivity index (χ4n) is 3.90. The van der Waals surface area contributed by atoms with Gasteiger partial charge in [-0.15, -0.1) is 10.2 Å². The molecule has 1 fully saturated rings. The highest BCUT2D eigenvalue weighted by atomic mass is 35.5. The Morgan fingerprint density at radius 3 is 3.07 bits per heavy atom. The molecular formula is C19H26ClN7O. The molecule has 8 nitrogen and oxygen atoms in total. The van der Waals surface area contributed by atoms with Crippen LogP contribution in [-0.4, -0.2) is 54.0 Å². The number of nitrogens with zero attached hydrogens (tertiary/aromatic N) is 5. The molecule has 1 unspecified atom stereocenters. The third-order valence-corrected chi connectivity index (χ3v) is 5.57. The molecule has 2 aliphatic heterocycles. The van der Waals surface area contributed by atoms with Crippen molar-refractivity contribution >= 4 is 23.2 Å². The second kappa shape index (κ2) is 8.26. The molecule has 1 saturated heterocycles. The van der Waals surface area contributed by atoms with Crippen molar-refractivity contribution in [3.63, 3.8) is 0 Å². The Morgan fingerprint density at radius 1 is 1.36 bits per heavy atom. The van der Waals surface area contributed by atoms with Gasteiger partial charge in [0, 0.05) is 44.2 Å². The molecule has 0 spiro atoms. The Kier molecular flexibility index (Phi) is 5.57.